The van der Waals surface area contributed by atoms with E-state index in [0.717, 1.165) is 6.07 Å². The summed E-state index contributed by atoms with van der Waals surface area (Å²) in [5, 5.41) is 10.7. The smallest absolute Gasteiger partial charge is 0.375 e. The molecule has 2 rings (SSSR count). The van der Waals surface area contributed by atoms with Gasteiger partial charge in [-0.15, -0.1) is 4.74 Å². The molecule has 0 bridgehead atoms. The van der Waals surface area contributed by atoms with Crippen molar-refractivity contribution in [3.63, 3.8) is 0 Å². The largest absolute Gasteiger partial charge is 0.423 e. The van der Waals surface area contributed by atoms with E-state index in [2.05, 4.69) is 0 Å². The van der Waals surface area contributed by atoms with Crippen molar-refractivity contribution in [2.24, 2.45) is 0 Å². The SMILES string of the molecule is CC(C)(C)c1cc(=O)n(-c2ccc([N+](=O)[O-])c(C(F)(F)F)c2)o1. The molecular weight excluding hydrogens is 317 g/mol. The number of halogens is 3. The van der Waals surface area contributed by atoms with E-state index in [0.29, 0.717) is 16.9 Å². The molecule has 0 saturated heterocycles. The van der Waals surface area contributed by atoms with E-state index in [4.69, 9.17) is 4.52 Å². The number of hydrogen-bond donors (Lipinski definition) is 0. The molecule has 0 N–H and O–H groups in total. The van der Waals surface area contributed by atoms with Crippen molar-refractivity contribution in [1.82, 2.24) is 4.74 Å². The van der Waals surface area contributed by atoms with Gasteiger partial charge in [-0.05, 0) is 12.1 Å². The second-order valence-corrected chi connectivity index (χ2v) is 5.94. The monoisotopic (exact) mass is 330 g/mol. The maximum absolute atomic E-state index is 13.0. The number of rotatable bonds is 2. The molecular formula is C14H13F3N2O4. The van der Waals surface area contributed by atoms with Crippen LogP contribution in [-0.2, 0) is 11.6 Å². The average molecular weight is 330 g/mol. The second-order valence-electron chi connectivity index (χ2n) is 5.94. The molecule has 6 nitrogen and oxygen atoms in total. The van der Waals surface area contributed by atoms with Gasteiger partial charge >= 0.3 is 6.18 Å². The molecule has 1 heterocycles. The standard InChI is InChI=1S/C14H13F3N2O4/c1-13(2,3)11-7-12(20)18(23-11)8-4-5-10(19(21)22)9(6-8)14(15,16)17/h4-7H,1-3H3. The molecule has 0 spiro atoms. The summed E-state index contributed by atoms with van der Waals surface area (Å²) in [6.45, 7) is 5.31. The van der Waals surface area contributed by atoms with Crippen LogP contribution in [0.15, 0.2) is 33.6 Å². The van der Waals surface area contributed by atoms with Gasteiger partial charge in [0.25, 0.3) is 11.2 Å². The predicted molar refractivity (Wildman–Crippen MR) is 74.7 cm³/mol. The Labute approximate surface area is 128 Å². The van der Waals surface area contributed by atoms with E-state index < -0.39 is 33.3 Å². The van der Waals surface area contributed by atoms with Gasteiger partial charge < -0.3 is 4.52 Å². The summed E-state index contributed by atoms with van der Waals surface area (Å²) in [6, 6.07) is 3.43. The minimum Gasteiger partial charge on any atom is -0.375 e. The highest BCUT2D eigenvalue weighted by atomic mass is 19.4. The fraction of sp³-hybridized carbons (Fsp3) is 0.357. The Hall–Kier alpha value is -2.58. The number of benzene rings is 1. The van der Waals surface area contributed by atoms with Crippen molar-refractivity contribution in [1.29, 1.82) is 0 Å². The molecule has 0 unspecified atom stereocenters. The van der Waals surface area contributed by atoms with Crippen LogP contribution in [0.25, 0.3) is 5.69 Å². The first-order valence-corrected chi connectivity index (χ1v) is 6.51. The summed E-state index contributed by atoms with van der Waals surface area (Å²) < 4.78 is 44.9. The van der Waals surface area contributed by atoms with Gasteiger partial charge in [-0.2, -0.15) is 13.2 Å². The minimum atomic E-state index is -4.93. The van der Waals surface area contributed by atoms with Gasteiger partial charge in [-0.25, -0.2) is 0 Å². The van der Waals surface area contributed by atoms with Gasteiger partial charge in [0.05, 0.1) is 10.6 Å². The van der Waals surface area contributed by atoms with Crippen LogP contribution < -0.4 is 5.56 Å². The summed E-state index contributed by atoms with van der Waals surface area (Å²) in [5.41, 5.74) is -3.93. The molecule has 0 fully saturated rings. The van der Waals surface area contributed by atoms with Crippen LogP contribution in [0.3, 0.4) is 0 Å². The molecule has 1 aromatic carbocycles. The van der Waals surface area contributed by atoms with Gasteiger partial charge in [0.2, 0.25) is 0 Å². The second kappa shape index (κ2) is 5.25. The summed E-state index contributed by atoms with van der Waals surface area (Å²) in [7, 11) is 0. The lowest BCUT2D eigenvalue weighted by molar-refractivity contribution is -0.388. The normalized spacial score (nSPS) is 12.4. The average Bonchev–Trinajstić information content (AvgIpc) is 2.79. The summed E-state index contributed by atoms with van der Waals surface area (Å²) >= 11 is 0. The number of nitro benzene ring substituents is 1. The maximum atomic E-state index is 13.0. The molecule has 0 amide bonds. The summed E-state index contributed by atoms with van der Waals surface area (Å²) in [6.07, 6.45) is -4.93. The Kier molecular flexibility index (Phi) is 3.83. The van der Waals surface area contributed by atoms with Gasteiger partial charge in [0.1, 0.15) is 11.3 Å². The van der Waals surface area contributed by atoms with E-state index in [9.17, 15) is 28.1 Å². The lowest BCUT2D eigenvalue weighted by Crippen LogP contribution is -2.14. The molecule has 0 aliphatic rings. The Bertz CT molecular complexity index is 813. The third kappa shape index (κ3) is 3.27. The van der Waals surface area contributed by atoms with Crippen molar-refractivity contribution in [2.45, 2.75) is 32.4 Å². The van der Waals surface area contributed by atoms with Crippen LogP contribution in [-0.4, -0.2) is 9.66 Å². The van der Waals surface area contributed by atoms with Crippen LogP contribution in [0.2, 0.25) is 0 Å². The Morgan fingerprint density at radius 2 is 1.78 bits per heavy atom. The van der Waals surface area contributed by atoms with Crippen molar-refractivity contribution in [3.8, 4) is 5.69 Å². The molecule has 0 aliphatic carbocycles. The lowest BCUT2D eigenvalue weighted by Gasteiger charge is -2.13. The number of nitrogens with zero attached hydrogens (tertiary/aromatic N) is 2. The first-order valence-electron chi connectivity index (χ1n) is 6.51. The zero-order valence-electron chi connectivity index (χ0n) is 12.5. The van der Waals surface area contributed by atoms with Crippen LogP contribution in [0.5, 0.6) is 0 Å². The van der Waals surface area contributed by atoms with E-state index in [1.54, 1.807) is 20.8 Å². The van der Waals surface area contributed by atoms with Crippen LogP contribution >= 0.6 is 0 Å². The molecule has 9 heteroatoms. The van der Waals surface area contributed by atoms with Gasteiger partial charge in [-0.1, -0.05) is 20.8 Å². The van der Waals surface area contributed by atoms with E-state index in [-0.39, 0.29) is 11.4 Å². The van der Waals surface area contributed by atoms with Crippen LogP contribution in [0.1, 0.15) is 32.1 Å². The van der Waals surface area contributed by atoms with Gasteiger partial charge in [-0.3, -0.25) is 14.9 Å². The van der Waals surface area contributed by atoms with Crippen LogP contribution in [0.4, 0.5) is 18.9 Å². The minimum absolute atomic E-state index is 0.233. The fourth-order valence-electron chi connectivity index (χ4n) is 1.91. The molecule has 2 aromatic rings. The molecule has 0 aliphatic heterocycles. The first kappa shape index (κ1) is 16.8. The third-order valence-corrected chi connectivity index (χ3v) is 3.10. The van der Waals surface area contributed by atoms with E-state index >= 15 is 0 Å². The summed E-state index contributed by atoms with van der Waals surface area (Å²) in [4.78, 5) is 21.5. The predicted octanol–water partition coefficient (Wildman–Crippen LogP) is 3.66. The van der Waals surface area contributed by atoms with Gasteiger partial charge in [0.15, 0.2) is 0 Å². The van der Waals surface area contributed by atoms with Crippen molar-refractivity contribution in [3.05, 3.63) is 56.1 Å². The summed E-state index contributed by atoms with van der Waals surface area (Å²) in [5.74, 6) is 0.286. The highest BCUT2D eigenvalue weighted by Crippen LogP contribution is 2.37. The molecule has 1 aromatic heterocycles. The fourth-order valence-corrected chi connectivity index (χ4v) is 1.91. The highest BCUT2D eigenvalue weighted by molar-refractivity contribution is 5.49. The zero-order valence-corrected chi connectivity index (χ0v) is 12.5. The van der Waals surface area contributed by atoms with Crippen LogP contribution in [0, 0.1) is 10.1 Å². The molecule has 0 saturated carbocycles. The Morgan fingerprint density at radius 3 is 2.22 bits per heavy atom. The molecule has 0 radical (unpaired) electrons. The molecule has 0 atom stereocenters. The Balaban J connectivity index is 2.65. The topological polar surface area (TPSA) is 78.3 Å². The quantitative estimate of drug-likeness (QED) is 0.622. The molecule has 124 valence electrons. The lowest BCUT2D eigenvalue weighted by atomic mass is 9.94. The number of alkyl halides is 3. The maximum Gasteiger partial charge on any atom is 0.423 e. The number of hydrogen-bond acceptors (Lipinski definition) is 4. The molecule has 23 heavy (non-hydrogen) atoms. The third-order valence-electron chi connectivity index (χ3n) is 3.10. The highest BCUT2D eigenvalue weighted by Gasteiger charge is 2.38. The first-order chi connectivity index (χ1) is 10.4. The zero-order chi connectivity index (χ0) is 17.6. The van der Waals surface area contributed by atoms with Crippen molar-refractivity contribution in [2.75, 3.05) is 0 Å². The van der Waals surface area contributed by atoms with E-state index in [1.165, 1.54) is 6.07 Å². The van der Waals surface area contributed by atoms with Crippen molar-refractivity contribution < 1.29 is 22.6 Å². The van der Waals surface area contributed by atoms with Crippen molar-refractivity contribution >= 4 is 5.69 Å². The van der Waals surface area contributed by atoms with Gasteiger partial charge in [0, 0.05) is 17.5 Å². The Morgan fingerprint density at radius 1 is 1.17 bits per heavy atom. The van der Waals surface area contributed by atoms with E-state index in [1.807, 2.05) is 0 Å². The number of aromatic nitrogens is 1. The number of nitro groups is 1.